The number of phenolic OH excluding ortho intramolecular Hbond substituents is 1. The standard InChI is InChI=1S/C24H27FO7S/c1-3-5-18-22(10-7-17(15(2)26)24(18)30)33(31)13-4-12-32-21-9-6-16(14-19(21)25)20(27)8-11-23(28)29/h6-7,9-10,14,30H,3-5,8,11-13H2,1-2H3,(H,28,29). The maximum Gasteiger partial charge on any atom is 0.303 e. The molecule has 0 aliphatic heterocycles. The van der Waals surface area contributed by atoms with Crippen LogP contribution in [-0.4, -0.2) is 44.3 Å². The molecule has 178 valence electrons. The number of carboxylic acids is 1. The molecule has 0 saturated heterocycles. The minimum atomic E-state index is -1.45. The number of ketones is 2. The molecule has 2 aromatic carbocycles. The van der Waals surface area contributed by atoms with Gasteiger partial charge < -0.3 is 14.9 Å². The number of halogens is 1. The van der Waals surface area contributed by atoms with Gasteiger partial charge in [-0.05, 0) is 50.1 Å². The van der Waals surface area contributed by atoms with Crippen LogP contribution in [-0.2, 0) is 22.0 Å². The number of rotatable bonds is 13. The second-order valence-corrected chi connectivity index (χ2v) is 9.00. The van der Waals surface area contributed by atoms with E-state index in [1.165, 1.54) is 25.1 Å². The lowest BCUT2D eigenvalue weighted by Crippen LogP contribution is -2.09. The Morgan fingerprint density at radius 2 is 1.85 bits per heavy atom. The summed E-state index contributed by atoms with van der Waals surface area (Å²) in [6.45, 7) is 3.35. The van der Waals surface area contributed by atoms with Crippen molar-refractivity contribution in [2.75, 3.05) is 12.4 Å². The van der Waals surface area contributed by atoms with Crippen LogP contribution in [0.1, 0.15) is 65.8 Å². The largest absolute Gasteiger partial charge is 0.507 e. The van der Waals surface area contributed by atoms with Crippen molar-refractivity contribution in [2.24, 2.45) is 0 Å². The molecule has 0 aliphatic carbocycles. The van der Waals surface area contributed by atoms with Crippen LogP contribution >= 0.6 is 0 Å². The number of hydrogen-bond donors (Lipinski definition) is 2. The molecular weight excluding hydrogens is 451 g/mol. The molecule has 0 radical (unpaired) electrons. The summed E-state index contributed by atoms with van der Waals surface area (Å²) in [6, 6.07) is 6.75. The molecule has 2 N–H and O–H groups in total. The van der Waals surface area contributed by atoms with Gasteiger partial charge in [0.1, 0.15) is 5.75 Å². The molecule has 0 bridgehead atoms. The van der Waals surface area contributed by atoms with Gasteiger partial charge in [0.15, 0.2) is 23.1 Å². The van der Waals surface area contributed by atoms with Gasteiger partial charge in [0.05, 0.1) is 29.4 Å². The molecule has 33 heavy (non-hydrogen) atoms. The van der Waals surface area contributed by atoms with E-state index in [2.05, 4.69) is 0 Å². The molecule has 7 nitrogen and oxygen atoms in total. The van der Waals surface area contributed by atoms with Gasteiger partial charge in [-0.1, -0.05) is 13.3 Å². The van der Waals surface area contributed by atoms with Gasteiger partial charge in [0, 0.05) is 28.2 Å². The van der Waals surface area contributed by atoms with E-state index in [4.69, 9.17) is 9.84 Å². The highest BCUT2D eigenvalue weighted by Crippen LogP contribution is 2.30. The van der Waals surface area contributed by atoms with Crippen LogP contribution in [0.25, 0.3) is 0 Å². The van der Waals surface area contributed by atoms with Crippen LogP contribution < -0.4 is 4.74 Å². The summed E-state index contributed by atoms with van der Waals surface area (Å²) in [7, 11) is -1.45. The number of aromatic hydroxyl groups is 1. The summed E-state index contributed by atoms with van der Waals surface area (Å²) < 4.78 is 32.4. The third-order valence-corrected chi connectivity index (χ3v) is 6.45. The monoisotopic (exact) mass is 478 g/mol. The Morgan fingerprint density at radius 1 is 1.12 bits per heavy atom. The third-order valence-electron chi connectivity index (χ3n) is 4.92. The van der Waals surface area contributed by atoms with Crippen molar-refractivity contribution in [3.8, 4) is 11.5 Å². The summed E-state index contributed by atoms with van der Waals surface area (Å²) >= 11 is 0. The molecule has 0 fully saturated rings. The van der Waals surface area contributed by atoms with E-state index in [9.17, 15) is 28.1 Å². The predicted molar refractivity (Wildman–Crippen MR) is 121 cm³/mol. The van der Waals surface area contributed by atoms with E-state index in [-0.39, 0.29) is 53.6 Å². The lowest BCUT2D eigenvalue weighted by molar-refractivity contribution is -0.136. The van der Waals surface area contributed by atoms with Gasteiger partial charge in [0.25, 0.3) is 0 Å². The van der Waals surface area contributed by atoms with E-state index < -0.39 is 28.4 Å². The molecule has 0 saturated carbocycles. The quantitative estimate of drug-likeness (QED) is 0.325. The van der Waals surface area contributed by atoms with Crippen LogP contribution in [0.15, 0.2) is 35.2 Å². The fourth-order valence-corrected chi connectivity index (χ4v) is 4.54. The highest BCUT2D eigenvalue weighted by Gasteiger charge is 2.18. The second kappa shape index (κ2) is 12.2. The minimum Gasteiger partial charge on any atom is -0.507 e. The third kappa shape index (κ3) is 7.21. The summed E-state index contributed by atoms with van der Waals surface area (Å²) in [5.74, 6) is -2.58. The molecular formula is C24H27FO7S. The van der Waals surface area contributed by atoms with Gasteiger partial charge in [-0.25, -0.2) is 4.39 Å². The van der Waals surface area contributed by atoms with Crippen molar-refractivity contribution < 1.29 is 37.9 Å². The molecule has 9 heteroatoms. The van der Waals surface area contributed by atoms with Crippen LogP contribution in [0.4, 0.5) is 4.39 Å². The fraction of sp³-hybridized carbons (Fsp3) is 0.375. The van der Waals surface area contributed by atoms with Crippen molar-refractivity contribution in [2.45, 2.75) is 50.8 Å². The second-order valence-electron chi connectivity index (χ2n) is 7.46. The maximum absolute atomic E-state index is 14.2. The van der Waals surface area contributed by atoms with E-state index in [0.29, 0.717) is 29.7 Å². The first kappa shape index (κ1) is 26.2. The molecule has 1 atom stereocenters. The fourth-order valence-electron chi connectivity index (χ4n) is 3.25. The van der Waals surface area contributed by atoms with Crippen molar-refractivity contribution >= 4 is 28.3 Å². The zero-order valence-electron chi connectivity index (χ0n) is 18.6. The van der Waals surface area contributed by atoms with Crippen molar-refractivity contribution in [1.29, 1.82) is 0 Å². The average molecular weight is 479 g/mol. The average Bonchev–Trinajstić information content (AvgIpc) is 2.76. The zero-order valence-corrected chi connectivity index (χ0v) is 19.4. The Morgan fingerprint density at radius 3 is 2.45 bits per heavy atom. The number of carbonyl (C=O) groups excluding carboxylic acids is 2. The first-order valence-corrected chi connectivity index (χ1v) is 11.9. The van der Waals surface area contributed by atoms with Gasteiger partial charge >= 0.3 is 5.97 Å². The Balaban J connectivity index is 1.96. The highest BCUT2D eigenvalue weighted by molar-refractivity contribution is 7.85. The Kier molecular flexibility index (Phi) is 9.72. The Hall–Kier alpha value is -3.07. The van der Waals surface area contributed by atoms with E-state index in [1.54, 1.807) is 6.07 Å². The van der Waals surface area contributed by atoms with Gasteiger partial charge in [-0.15, -0.1) is 0 Å². The number of carboxylic acid groups (broad SMARTS) is 1. The molecule has 0 aliphatic rings. The minimum absolute atomic E-state index is 0.0642. The number of hydrogen-bond acceptors (Lipinski definition) is 6. The van der Waals surface area contributed by atoms with E-state index in [1.807, 2.05) is 6.92 Å². The number of aliphatic carboxylic acids is 1. The van der Waals surface area contributed by atoms with Crippen LogP contribution in [0, 0.1) is 5.82 Å². The molecule has 2 aromatic rings. The SMILES string of the molecule is CCCc1c(S(=O)CCCOc2ccc(C(=O)CCC(=O)O)cc2F)ccc(C(C)=O)c1O. The summed E-state index contributed by atoms with van der Waals surface area (Å²) in [4.78, 5) is 34.6. The lowest BCUT2D eigenvalue weighted by atomic mass is 10.0. The maximum atomic E-state index is 14.2. The van der Waals surface area contributed by atoms with Crippen LogP contribution in [0.2, 0.25) is 0 Å². The van der Waals surface area contributed by atoms with Gasteiger partial charge in [-0.3, -0.25) is 18.6 Å². The Labute approximate surface area is 194 Å². The molecule has 1 unspecified atom stereocenters. The first-order chi connectivity index (χ1) is 15.6. The van der Waals surface area contributed by atoms with Gasteiger partial charge in [0.2, 0.25) is 0 Å². The summed E-state index contributed by atoms with van der Waals surface area (Å²) in [5, 5.41) is 19.1. The van der Waals surface area contributed by atoms with Crippen molar-refractivity contribution in [3.63, 3.8) is 0 Å². The molecule has 0 amide bonds. The molecule has 0 heterocycles. The van der Waals surface area contributed by atoms with Crippen molar-refractivity contribution in [3.05, 3.63) is 52.8 Å². The van der Waals surface area contributed by atoms with Crippen LogP contribution in [0.5, 0.6) is 11.5 Å². The number of ether oxygens (including phenoxy) is 1. The van der Waals surface area contributed by atoms with Gasteiger partial charge in [-0.2, -0.15) is 0 Å². The van der Waals surface area contributed by atoms with E-state index >= 15 is 0 Å². The first-order valence-electron chi connectivity index (χ1n) is 10.6. The normalized spacial score (nSPS) is 11.7. The number of Topliss-reactive ketones (excluding diaryl/α,β-unsaturated/α-hetero) is 2. The van der Waals surface area contributed by atoms with E-state index in [0.717, 1.165) is 6.07 Å². The number of carbonyl (C=O) groups is 3. The molecule has 2 rings (SSSR count). The predicted octanol–water partition coefficient (Wildman–Crippen LogP) is 4.31. The summed E-state index contributed by atoms with van der Waals surface area (Å²) in [5.41, 5.74) is 0.765. The summed E-state index contributed by atoms with van der Waals surface area (Å²) in [6.07, 6.45) is 0.977. The number of benzene rings is 2. The smallest absolute Gasteiger partial charge is 0.303 e. The molecule has 0 aromatic heterocycles. The Bertz CT molecular complexity index is 1070. The number of phenols is 1. The highest BCUT2D eigenvalue weighted by atomic mass is 32.2. The molecule has 0 spiro atoms. The lowest BCUT2D eigenvalue weighted by Gasteiger charge is -2.13. The van der Waals surface area contributed by atoms with Crippen LogP contribution in [0.3, 0.4) is 0 Å². The topological polar surface area (TPSA) is 118 Å². The van der Waals surface area contributed by atoms with Crippen molar-refractivity contribution in [1.82, 2.24) is 0 Å². The zero-order chi connectivity index (χ0) is 24.5.